The second-order valence-corrected chi connectivity index (χ2v) is 8.50. The summed E-state index contributed by atoms with van der Waals surface area (Å²) in [4.78, 5) is 31.1. The van der Waals surface area contributed by atoms with Gasteiger partial charge in [0.1, 0.15) is 18.2 Å². The van der Waals surface area contributed by atoms with Gasteiger partial charge >= 0.3 is 0 Å². The molecule has 1 saturated heterocycles. The number of anilines is 1. The summed E-state index contributed by atoms with van der Waals surface area (Å²) >= 11 is 0. The summed E-state index contributed by atoms with van der Waals surface area (Å²) in [5, 5.41) is 14.4. The number of aliphatic hydroxyl groups is 1. The lowest BCUT2D eigenvalue weighted by molar-refractivity contribution is -0.140. The molecular weight excluding hydrogens is 450 g/mol. The van der Waals surface area contributed by atoms with Gasteiger partial charge in [-0.15, -0.1) is 5.10 Å². The summed E-state index contributed by atoms with van der Waals surface area (Å²) in [7, 11) is 1.64. The number of hydrogen-bond acceptors (Lipinski definition) is 7. The maximum atomic E-state index is 13.5. The molecule has 2 aromatic carbocycles. The molecule has 3 heterocycles. The molecule has 0 radical (unpaired) electrons. The summed E-state index contributed by atoms with van der Waals surface area (Å²) in [5.41, 5.74) is 6.37. The molecule has 1 fully saturated rings. The molecule has 0 aliphatic carbocycles. The Morgan fingerprint density at radius 2 is 2.03 bits per heavy atom. The van der Waals surface area contributed by atoms with Gasteiger partial charge in [0.2, 0.25) is 5.82 Å². The van der Waals surface area contributed by atoms with Crippen LogP contribution < -0.4 is 15.4 Å². The van der Waals surface area contributed by atoms with Gasteiger partial charge in [0.05, 0.1) is 18.9 Å². The SMILES string of the molecule is CN1C(=O)[C@@H](n2nc(C(N)=O)nc2Cc2ccccc2)COc2ccc(C#CC3(O)COC3)cc21. The molecule has 2 amide bonds. The quantitative estimate of drug-likeness (QED) is 0.533. The van der Waals surface area contributed by atoms with Gasteiger partial charge in [-0.3, -0.25) is 9.59 Å². The number of carbonyl (C=O) groups excluding carboxylic acids is 2. The van der Waals surface area contributed by atoms with Crippen LogP contribution in [0.25, 0.3) is 0 Å². The average Bonchev–Trinajstić information content (AvgIpc) is 3.21. The largest absolute Gasteiger partial charge is 0.489 e. The first kappa shape index (κ1) is 22.6. The molecule has 3 aromatic rings. The second kappa shape index (κ2) is 8.87. The lowest BCUT2D eigenvalue weighted by Gasteiger charge is -2.30. The van der Waals surface area contributed by atoms with Crippen LogP contribution in [0.2, 0.25) is 0 Å². The van der Waals surface area contributed by atoms with Gasteiger partial charge in [0.15, 0.2) is 11.6 Å². The Bertz CT molecular complexity index is 1350. The molecule has 0 bridgehead atoms. The van der Waals surface area contributed by atoms with Gasteiger partial charge in [-0.2, -0.15) is 0 Å². The van der Waals surface area contributed by atoms with Crippen molar-refractivity contribution in [2.45, 2.75) is 18.1 Å². The molecule has 2 aliphatic rings. The van der Waals surface area contributed by atoms with E-state index in [4.69, 9.17) is 15.2 Å². The number of nitrogens with two attached hydrogens (primary N) is 1. The maximum Gasteiger partial charge on any atom is 0.288 e. The van der Waals surface area contributed by atoms with E-state index in [1.165, 1.54) is 9.58 Å². The lowest BCUT2D eigenvalue weighted by atomic mass is 10.0. The van der Waals surface area contributed by atoms with E-state index in [-0.39, 0.29) is 31.6 Å². The van der Waals surface area contributed by atoms with Gasteiger partial charge in [0, 0.05) is 19.0 Å². The van der Waals surface area contributed by atoms with E-state index in [1.807, 2.05) is 30.3 Å². The van der Waals surface area contributed by atoms with Crippen molar-refractivity contribution in [2.75, 3.05) is 31.8 Å². The fourth-order valence-corrected chi connectivity index (χ4v) is 3.90. The number of rotatable bonds is 4. The van der Waals surface area contributed by atoms with Gasteiger partial charge in [0.25, 0.3) is 11.8 Å². The molecule has 1 aromatic heterocycles. The third kappa shape index (κ3) is 4.47. The van der Waals surface area contributed by atoms with Crippen LogP contribution in [0, 0.1) is 11.8 Å². The standard InChI is InChI=1S/C25H23N5O5/c1-29-18-11-17(9-10-25(33)14-34-15-25)7-8-20(18)35-13-19(24(29)32)30-21(27-23(28-30)22(26)31)12-16-5-3-2-4-6-16/h2-8,11,19,33H,12-15H2,1H3,(H2,26,31)/t19-/m0/s1. The van der Waals surface area contributed by atoms with Crippen LogP contribution in [0.3, 0.4) is 0 Å². The monoisotopic (exact) mass is 473 g/mol. The van der Waals surface area contributed by atoms with Gasteiger partial charge in [-0.05, 0) is 23.8 Å². The molecule has 10 heteroatoms. The Balaban J connectivity index is 1.46. The van der Waals surface area contributed by atoms with E-state index in [0.717, 1.165) is 5.56 Å². The third-order valence-corrected chi connectivity index (χ3v) is 5.88. The van der Waals surface area contributed by atoms with E-state index < -0.39 is 17.6 Å². The Hall–Kier alpha value is -4.20. The zero-order chi connectivity index (χ0) is 24.6. The van der Waals surface area contributed by atoms with Crippen molar-refractivity contribution in [3.63, 3.8) is 0 Å². The highest BCUT2D eigenvalue weighted by Crippen LogP contribution is 2.34. The topological polar surface area (TPSA) is 133 Å². The first-order valence-electron chi connectivity index (χ1n) is 11.0. The highest BCUT2D eigenvalue weighted by Gasteiger charge is 2.35. The molecule has 5 rings (SSSR count). The first-order chi connectivity index (χ1) is 16.8. The molecule has 2 aliphatic heterocycles. The number of primary amides is 1. The number of likely N-dealkylation sites (N-methyl/N-ethyl adjacent to an activating group) is 1. The smallest absolute Gasteiger partial charge is 0.288 e. The van der Waals surface area contributed by atoms with Crippen molar-refractivity contribution >= 4 is 17.5 Å². The Kier molecular flexibility index (Phi) is 5.72. The Morgan fingerprint density at radius 3 is 2.71 bits per heavy atom. The molecule has 35 heavy (non-hydrogen) atoms. The number of carbonyl (C=O) groups is 2. The minimum atomic E-state index is -1.14. The van der Waals surface area contributed by atoms with Crippen LogP contribution in [-0.2, 0) is 16.0 Å². The maximum absolute atomic E-state index is 13.5. The number of aromatic nitrogens is 3. The minimum absolute atomic E-state index is 0.0123. The molecular formula is C25H23N5O5. The number of amides is 2. The number of ether oxygens (including phenoxy) is 2. The van der Waals surface area contributed by atoms with Crippen molar-refractivity contribution in [2.24, 2.45) is 5.73 Å². The normalized spacial score (nSPS) is 18.4. The summed E-state index contributed by atoms with van der Waals surface area (Å²) < 4.78 is 12.4. The number of fused-ring (bicyclic) bond motifs is 1. The van der Waals surface area contributed by atoms with E-state index in [2.05, 4.69) is 21.9 Å². The Labute approximate surface area is 201 Å². The molecule has 1 atom stereocenters. The van der Waals surface area contributed by atoms with Crippen LogP contribution >= 0.6 is 0 Å². The molecule has 3 N–H and O–H groups in total. The summed E-state index contributed by atoms with van der Waals surface area (Å²) in [6, 6.07) is 13.9. The second-order valence-electron chi connectivity index (χ2n) is 8.50. The van der Waals surface area contributed by atoms with Crippen molar-refractivity contribution in [1.82, 2.24) is 14.8 Å². The van der Waals surface area contributed by atoms with Crippen LogP contribution in [0.1, 0.15) is 33.6 Å². The van der Waals surface area contributed by atoms with E-state index in [1.54, 1.807) is 25.2 Å². The average molecular weight is 473 g/mol. The molecule has 0 unspecified atom stereocenters. The molecule has 0 spiro atoms. The summed E-state index contributed by atoms with van der Waals surface area (Å²) in [5.74, 6) is 5.43. The molecule has 10 nitrogen and oxygen atoms in total. The van der Waals surface area contributed by atoms with Crippen molar-refractivity contribution in [3.05, 3.63) is 71.3 Å². The lowest BCUT2D eigenvalue weighted by Crippen LogP contribution is -2.48. The fourth-order valence-electron chi connectivity index (χ4n) is 3.90. The summed E-state index contributed by atoms with van der Waals surface area (Å²) in [6.07, 6.45) is 0.355. The van der Waals surface area contributed by atoms with Gasteiger partial charge in [-0.25, -0.2) is 9.67 Å². The Morgan fingerprint density at radius 1 is 1.26 bits per heavy atom. The van der Waals surface area contributed by atoms with E-state index >= 15 is 0 Å². The number of benzene rings is 2. The van der Waals surface area contributed by atoms with Crippen LogP contribution in [0.15, 0.2) is 48.5 Å². The number of nitrogens with zero attached hydrogens (tertiary/aromatic N) is 4. The summed E-state index contributed by atoms with van der Waals surface area (Å²) in [6.45, 7) is 0.330. The van der Waals surface area contributed by atoms with Crippen LogP contribution in [-0.4, -0.2) is 64.2 Å². The van der Waals surface area contributed by atoms with Crippen LogP contribution in [0.5, 0.6) is 5.75 Å². The predicted octanol–water partition coefficient (Wildman–Crippen LogP) is 0.677. The highest BCUT2D eigenvalue weighted by atomic mass is 16.5. The predicted molar refractivity (Wildman–Crippen MR) is 125 cm³/mol. The van der Waals surface area contributed by atoms with Gasteiger partial charge in [-0.1, -0.05) is 42.2 Å². The molecule has 178 valence electrons. The minimum Gasteiger partial charge on any atom is -0.489 e. The first-order valence-corrected chi connectivity index (χ1v) is 11.0. The van der Waals surface area contributed by atoms with Crippen molar-refractivity contribution in [3.8, 4) is 17.6 Å². The van der Waals surface area contributed by atoms with E-state index in [0.29, 0.717) is 29.2 Å². The highest BCUT2D eigenvalue weighted by molar-refractivity contribution is 5.98. The number of hydrogen-bond donors (Lipinski definition) is 2. The molecule has 0 saturated carbocycles. The van der Waals surface area contributed by atoms with Crippen LogP contribution in [0.4, 0.5) is 5.69 Å². The van der Waals surface area contributed by atoms with E-state index in [9.17, 15) is 14.7 Å². The fraction of sp³-hybridized carbons (Fsp3) is 0.280. The third-order valence-electron chi connectivity index (χ3n) is 5.88. The van der Waals surface area contributed by atoms with Gasteiger partial charge < -0.3 is 25.2 Å². The zero-order valence-electron chi connectivity index (χ0n) is 19.0. The zero-order valence-corrected chi connectivity index (χ0v) is 19.0. The van der Waals surface area contributed by atoms with Crippen molar-refractivity contribution in [1.29, 1.82) is 0 Å². The van der Waals surface area contributed by atoms with Crippen molar-refractivity contribution < 1.29 is 24.2 Å².